The van der Waals surface area contributed by atoms with Gasteiger partial charge in [-0.05, 0) is 41.3 Å². The summed E-state index contributed by atoms with van der Waals surface area (Å²) in [6.45, 7) is 0.258. The Hall–Kier alpha value is -2.80. The van der Waals surface area contributed by atoms with E-state index in [0.29, 0.717) is 0 Å². The predicted molar refractivity (Wildman–Crippen MR) is 90.6 cm³/mol. The molecule has 0 aliphatic heterocycles. The summed E-state index contributed by atoms with van der Waals surface area (Å²) in [6.07, 6.45) is 0. The summed E-state index contributed by atoms with van der Waals surface area (Å²) in [4.78, 5) is 27.8. The number of benzene rings is 1. The van der Waals surface area contributed by atoms with Gasteiger partial charge in [0.05, 0.1) is 0 Å². The number of halogens is 1. The number of nitrogens with zero attached hydrogens (tertiary/aromatic N) is 1. The van der Waals surface area contributed by atoms with Crippen LogP contribution in [0, 0.1) is 5.82 Å². The molecule has 0 bridgehead atoms. The van der Waals surface area contributed by atoms with E-state index in [0.717, 1.165) is 15.6 Å². The number of hydrogen-bond donors (Lipinski definition) is 2. The van der Waals surface area contributed by atoms with Crippen molar-refractivity contribution in [3.05, 3.63) is 64.5 Å². The van der Waals surface area contributed by atoms with Crippen LogP contribution in [-0.2, 0) is 6.54 Å². The third kappa shape index (κ3) is 3.26. The zero-order valence-electron chi connectivity index (χ0n) is 12.8. The standard InChI is InChI=1S/C17H14FN3O2S/c1-19-16(22)13-3-2-4-14(21-13)17(23)20-8-10-9-24-15-6-5-11(18)7-12(10)15/h2-7,9H,8H2,1H3,(H,19,22)(H,20,23). The number of amides is 2. The van der Waals surface area contributed by atoms with Gasteiger partial charge in [-0.2, -0.15) is 0 Å². The van der Waals surface area contributed by atoms with Gasteiger partial charge in [-0.3, -0.25) is 9.59 Å². The molecule has 0 saturated heterocycles. The smallest absolute Gasteiger partial charge is 0.270 e. The van der Waals surface area contributed by atoms with Gasteiger partial charge in [-0.25, -0.2) is 9.37 Å². The summed E-state index contributed by atoms with van der Waals surface area (Å²) in [7, 11) is 1.50. The van der Waals surface area contributed by atoms with E-state index in [1.54, 1.807) is 12.1 Å². The molecule has 0 saturated carbocycles. The first-order valence-electron chi connectivity index (χ1n) is 7.21. The van der Waals surface area contributed by atoms with Crippen LogP contribution in [0.25, 0.3) is 10.1 Å². The first-order valence-corrected chi connectivity index (χ1v) is 8.09. The number of rotatable bonds is 4. The summed E-state index contributed by atoms with van der Waals surface area (Å²) in [5.74, 6) is -1.06. The van der Waals surface area contributed by atoms with Crippen molar-refractivity contribution >= 4 is 33.2 Å². The number of carbonyl (C=O) groups excluding carboxylic acids is 2. The minimum Gasteiger partial charge on any atom is -0.354 e. The quantitative estimate of drug-likeness (QED) is 0.765. The fourth-order valence-corrected chi connectivity index (χ4v) is 3.22. The maximum Gasteiger partial charge on any atom is 0.270 e. The van der Waals surface area contributed by atoms with E-state index in [2.05, 4.69) is 15.6 Å². The molecular formula is C17H14FN3O2S. The Kier molecular flexibility index (Phi) is 4.52. The highest BCUT2D eigenvalue weighted by Crippen LogP contribution is 2.26. The molecule has 0 radical (unpaired) electrons. The van der Waals surface area contributed by atoms with Crippen LogP contribution in [0.1, 0.15) is 26.5 Å². The summed E-state index contributed by atoms with van der Waals surface area (Å²) in [6, 6.07) is 9.25. The number of hydrogen-bond acceptors (Lipinski definition) is 4. The maximum absolute atomic E-state index is 13.4. The van der Waals surface area contributed by atoms with Crippen molar-refractivity contribution in [3.8, 4) is 0 Å². The van der Waals surface area contributed by atoms with Crippen molar-refractivity contribution in [2.24, 2.45) is 0 Å². The summed E-state index contributed by atoms with van der Waals surface area (Å²) >= 11 is 1.49. The Morgan fingerprint density at radius 1 is 1.17 bits per heavy atom. The highest BCUT2D eigenvalue weighted by atomic mass is 32.1. The first-order chi connectivity index (χ1) is 11.6. The van der Waals surface area contributed by atoms with E-state index >= 15 is 0 Å². The fourth-order valence-electron chi connectivity index (χ4n) is 2.27. The molecule has 3 rings (SSSR count). The van der Waals surface area contributed by atoms with Crippen LogP contribution in [0.15, 0.2) is 41.8 Å². The normalized spacial score (nSPS) is 10.6. The number of nitrogens with one attached hydrogen (secondary N) is 2. The lowest BCUT2D eigenvalue weighted by Gasteiger charge is -2.06. The highest BCUT2D eigenvalue weighted by Gasteiger charge is 2.12. The van der Waals surface area contributed by atoms with Gasteiger partial charge >= 0.3 is 0 Å². The zero-order valence-corrected chi connectivity index (χ0v) is 13.6. The van der Waals surface area contributed by atoms with Crippen LogP contribution < -0.4 is 10.6 Å². The molecule has 1 aromatic carbocycles. The van der Waals surface area contributed by atoms with E-state index in [9.17, 15) is 14.0 Å². The largest absolute Gasteiger partial charge is 0.354 e. The molecule has 2 heterocycles. The summed E-state index contributed by atoms with van der Waals surface area (Å²) in [5.41, 5.74) is 1.17. The van der Waals surface area contributed by atoms with Crippen molar-refractivity contribution in [1.82, 2.24) is 15.6 Å². The van der Waals surface area contributed by atoms with Crippen molar-refractivity contribution in [2.75, 3.05) is 7.05 Å². The Morgan fingerprint density at radius 3 is 2.67 bits per heavy atom. The lowest BCUT2D eigenvalue weighted by atomic mass is 10.1. The first kappa shape index (κ1) is 16.1. The Labute approximate surface area is 141 Å². The van der Waals surface area contributed by atoms with Gasteiger partial charge < -0.3 is 10.6 Å². The Morgan fingerprint density at radius 2 is 1.92 bits per heavy atom. The number of carbonyl (C=O) groups is 2. The van der Waals surface area contributed by atoms with Gasteiger partial charge in [-0.1, -0.05) is 6.07 Å². The molecule has 24 heavy (non-hydrogen) atoms. The molecule has 0 spiro atoms. The van der Waals surface area contributed by atoms with Gasteiger partial charge in [0, 0.05) is 23.7 Å². The fraction of sp³-hybridized carbons (Fsp3) is 0.118. The molecule has 5 nitrogen and oxygen atoms in total. The molecule has 3 aromatic rings. The van der Waals surface area contributed by atoms with Crippen molar-refractivity contribution in [3.63, 3.8) is 0 Å². The average Bonchev–Trinajstić information content (AvgIpc) is 3.01. The summed E-state index contributed by atoms with van der Waals surface area (Å²) in [5, 5.41) is 7.88. The molecule has 2 amide bonds. The van der Waals surface area contributed by atoms with E-state index in [4.69, 9.17) is 0 Å². The lowest BCUT2D eigenvalue weighted by molar-refractivity contribution is 0.0944. The van der Waals surface area contributed by atoms with Gasteiger partial charge in [0.2, 0.25) is 0 Å². The van der Waals surface area contributed by atoms with E-state index in [1.807, 2.05) is 5.38 Å². The van der Waals surface area contributed by atoms with Gasteiger partial charge in [0.15, 0.2) is 0 Å². The predicted octanol–water partition coefficient (Wildman–Crippen LogP) is 2.73. The van der Waals surface area contributed by atoms with Crippen LogP contribution in [-0.4, -0.2) is 23.8 Å². The third-order valence-corrected chi connectivity index (χ3v) is 4.51. The van der Waals surface area contributed by atoms with Crippen LogP contribution in [0.3, 0.4) is 0 Å². The third-order valence-electron chi connectivity index (χ3n) is 3.50. The maximum atomic E-state index is 13.4. The second kappa shape index (κ2) is 6.76. The SMILES string of the molecule is CNC(=O)c1cccc(C(=O)NCc2csc3ccc(F)cc23)n1. The van der Waals surface area contributed by atoms with Gasteiger partial charge in [-0.15, -0.1) is 11.3 Å². The number of thiophene rings is 1. The van der Waals surface area contributed by atoms with E-state index < -0.39 is 5.91 Å². The lowest BCUT2D eigenvalue weighted by Crippen LogP contribution is -2.25. The van der Waals surface area contributed by atoms with Crippen molar-refractivity contribution in [2.45, 2.75) is 6.54 Å². The van der Waals surface area contributed by atoms with Crippen LogP contribution >= 0.6 is 11.3 Å². The second-order valence-corrected chi connectivity index (χ2v) is 5.98. The molecular weight excluding hydrogens is 329 g/mol. The molecule has 0 aliphatic rings. The molecule has 122 valence electrons. The molecule has 7 heteroatoms. The monoisotopic (exact) mass is 343 g/mol. The average molecular weight is 343 g/mol. The van der Waals surface area contributed by atoms with E-state index in [1.165, 1.54) is 42.6 Å². The minimum atomic E-state index is -0.392. The van der Waals surface area contributed by atoms with E-state index in [-0.39, 0.29) is 29.7 Å². The number of pyridine rings is 1. The number of fused-ring (bicyclic) bond motifs is 1. The van der Waals surface area contributed by atoms with Gasteiger partial charge in [0.1, 0.15) is 17.2 Å². The Bertz CT molecular complexity index is 923. The van der Waals surface area contributed by atoms with Crippen molar-refractivity contribution in [1.29, 1.82) is 0 Å². The summed E-state index contributed by atoms with van der Waals surface area (Å²) < 4.78 is 14.3. The molecule has 0 fully saturated rings. The zero-order chi connectivity index (χ0) is 17.1. The molecule has 0 aliphatic carbocycles. The number of aromatic nitrogens is 1. The molecule has 0 atom stereocenters. The molecule has 2 N–H and O–H groups in total. The second-order valence-electron chi connectivity index (χ2n) is 5.07. The minimum absolute atomic E-state index is 0.154. The molecule has 2 aromatic heterocycles. The molecule has 0 unspecified atom stereocenters. The van der Waals surface area contributed by atoms with Crippen LogP contribution in [0.2, 0.25) is 0 Å². The van der Waals surface area contributed by atoms with Crippen LogP contribution in [0.4, 0.5) is 4.39 Å². The van der Waals surface area contributed by atoms with Gasteiger partial charge in [0.25, 0.3) is 11.8 Å². The Balaban J connectivity index is 1.75. The van der Waals surface area contributed by atoms with Crippen LogP contribution in [0.5, 0.6) is 0 Å². The highest BCUT2D eigenvalue weighted by molar-refractivity contribution is 7.17. The van der Waals surface area contributed by atoms with Crippen molar-refractivity contribution < 1.29 is 14.0 Å². The topological polar surface area (TPSA) is 71.1 Å².